The van der Waals surface area contributed by atoms with Gasteiger partial charge in [0.05, 0.1) is 21.3 Å². The first-order valence-electron chi connectivity index (χ1n) is 9.11. The van der Waals surface area contributed by atoms with Crippen LogP contribution in [0.5, 0.6) is 17.2 Å². The SMILES string of the molecule is COc1ccc([C@@H](C2CCOCC2)N2CCNCC2)c(OC)c1OC. The van der Waals surface area contributed by atoms with Crippen LogP contribution in [0.2, 0.25) is 0 Å². The van der Waals surface area contributed by atoms with Crippen molar-refractivity contribution >= 4 is 0 Å². The van der Waals surface area contributed by atoms with Crippen LogP contribution in [0.3, 0.4) is 0 Å². The first-order chi connectivity index (χ1) is 12.3. The van der Waals surface area contributed by atoms with Gasteiger partial charge in [-0.15, -0.1) is 0 Å². The number of methoxy groups -OCH3 is 3. The highest BCUT2D eigenvalue weighted by Gasteiger charge is 2.34. The summed E-state index contributed by atoms with van der Waals surface area (Å²) in [6, 6.07) is 4.44. The Hall–Kier alpha value is -1.50. The van der Waals surface area contributed by atoms with E-state index < -0.39 is 0 Å². The fourth-order valence-electron chi connectivity index (χ4n) is 4.10. The summed E-state index contributed by atoms with van der Waals surface area (Å²) < 4.78 is 22.5. The Labute approximate surface area is 150 Å². The molecule has 1 aromatic rings. The predicted molar refractivity (Wildman–Crippen MR) is 96.8 cm³/mol. The summed E-state index contributed by atoms with van der Waals surface area (Å²) in [5.41, 5.74) is 1.19. The monoisotopic (exact) mass is 350 g/mol. The van der Waals surface area contributed by atoms with Crippen molar-refractivity contribution in [3.8, 4) is 17.2 Å². The van der Waals surface area contributed by atoms with Crippen LogP contribution in [0, 0.1) is 5.92 Å². The van der Waals surface area contributed by atoms with Crippen molar-refractivity contribution in [2.75, 3.05) is 60.7 Å². The number of ether oxygens (including phenoxy) is 4. The molecule has 0 amide bonds. The summed E-state index contributed by atoms with van der Waals surface area (Å²) in [5.74, 6) is 2.72. The lowest BCUT2D eigenvalue weighted by molar-refractivity contribution is 0.0205. The average molecular weight is 350 g/mol. The van der Waals surface area contributed by atoms with E-state index in [1.54, 1.807) is 21.3 Å². The molecule has 0 spiro atoms. The Kier molecular flexibility index (Phi) is 6.39. The summed E-state index contributed by atoms with van der Waals surface area (Å²) in [5, 5.41) is 3.45. The van der Waals surface area contributed by atoms with E-state index in [1.807, 2.05) is 6.07 Å². The molecule has 3 rings (SSSR count). The van der Waals surface area contributed by atoms with Gasteiger partial charge in [-0.2, -0.15) is 0 Å². The average Bonchev–Trinajstić information content (AvgIpc) is 2.69. The van der Waals surface area contributed by atoms with Crippen LogP contribution in [0.1, 0.15) is 24.4 Å². The van der Waals surface area contributed by atoms with Gasteiger partial charge in [-0.05, 0) is 30.9 Å². The molecule has 2 heterocycles. The molecule has 0 bridgehead atoms. The maximum Gasteiger partial charge on any atom is 0.203 e. The van der Waals surface area contributed by atoms with Gasteiger partial charge in [-0.1, -0.05) is 0 Å². The zero-order valence-corrected chi connectivity index (χ0v) is 15.5. The van der Waals surface area contributed by atoms with Crippen LogP contribution in [0.15, 0.2) is 12.1 Å². The van der Waals surface area contributed by atoms with Crippen molar-refractivity contribution in [1.29, 1.82) is 0 Å². The standard InChI is InChI=1S/C19H30N2O4/c1-22-16-5-4-15(18(23-2)19(16)24-3)17(14-6-12-25-13-7-14)21-10-8-20-9-11-21/h4-5,14,17,20H,6-13H2,1-3H3/t17-/m1/s1. The van der Waals surface area contributed by atoms with Gasteiger partial charge in [-0.25, -0.2) is 0 Å². The summed E-state index contributed by atoms with van der Waals surface area (Å²) in [6.45, 7) is 5.80. The largest absolute Gasteiger partial charge is 0.493 e. The minimum absolute atomic E-state index is 0.306. The first-order valence-corrected chi connectivity index (χ1v) is 9.11. The van der Waals surface area contributed by atoms with E-state index in [4.69, 9.17) is 18.9 Å². The molecular formula is C19H30N2O4. The number of hydrogen-bond acceptors (Lipinski definition) is 6. The molecule has 1 N–H and O–H groups in total. The third-order valence-electron chi connectivity index (χ3n) is 5.31. The molecule has 0 unspecified atom stereocenters. The van der Waals surface area contributed by atoms with Gasteiger partial charge in [0, 0.05) is 51.0 Å². The van der Waals surface area contributed by atoms with E-state index in [0.29, 0.717) is 23.5 Å². The molecule has 2 aliphatic rings. The third-order valence-corrected chi connectivity index (χ3v) is 5.31. The molecule has 6 heteroatoms. The number of hydrogen-bond donors (Lipinski definition) is 1. The fraction of sp³-hybridized carbons (Fsp3) is 0.684. The lowest BCUT2D eigenvalue weighted by Crippen LogP contribution is -2.47. The van der Waals surface area contributed by atoms with Gasteiger partial charge >= 0.3 is 0 Å². The van der Waals surface area contributed by atoms with Crippen molar-refractivity contribution in [2.45, 2.75) is 18.9 Å². The van der Waals surface area contributed by atoms with Crippen molar-refractivity contribution in [3.05, 3.63) is 17.7 Å². The van der Waals surface area contributed by atoms with Crippen LogP contribution in [0.25, 0.3) is 0 Å². The highest BCUT2D eigenvalue weighted by atomic mass is 16.5. The molecule has 6 nitrogen and oxygen atoms in total. The summed E-state index contributed by atoms with van der Waals surface area (Å²) in [7, 11) is 5.03. The topological polar surface area (TPSA) is 52.2 Å². The van der Waals surface area contributed by atoms with Crippen LogP contribution in [-0.2, 0) is 4.74 Å². The molecule has 0 radical (unpaired) electrons. The maximum absolute atomic E-state index is 5.79. The van der Waals surface area contributed by atoms with E-state index in [9.17, 15) is 0 Å². The lowest BCUT2D eigenvalue weighted by atomic mass is 9.85. The Bertz CT molecular complexity index is 537. The van der Waals surface area contributed by atoms with E-state index in [2.05, 4.69) is 16.3 Å². The Morgan fingerprint density at radius 3 is 2.28 bits per heavy atom. The molecule has 2 saturated heterocycles. The summed E-state index contributed by atoms with van der Waals surface area (Å²) >= 11 is 0. The quantitative estimate of drug-likeness (QED) is 0.848. The smallest absolute Gasteiger partial charge is 0.203 e. The zero-order valence-electron chi connectivity index (χ0n) is 15.5. The van der Waals surface area contributed by atoms with Crippen molar-refractivity contribution in [1.82, 2.24) is 10.2 Å². The number of nitrogens with zero attached hydrogens (tertiary/aromatic N) is 1. The molecule has 1 aromatic carbocycles. The third kappa shape index (κ3) is 3.86. The second-order valence-electron chi connectivity index (χ2n) is 6.60. The maximum atomic E-state index is 5.79. The highest BCUT2D eigenvalue weighted by molar-refractivity contribution is 5.56. The minimum atomic E-state index is 0.306. The lowest BCUT2D eigenvalue weighted by Gasteiger charge is -2.41. The van der Waals surface area contributed by atoms with E-state index in [0.717, 1.165) is 58.0 Å². The molecule has 2 fully saturated rings. The number of nitrogens with one attached hydrogen (secondary N) is 1. The van der Waals surface area contributed by atoms with Crippen LogP contribution < -0.4 is 19.5 Å². The van der Waals surface area contributed by atoms with Crippen LogP contribution in [0.4, 0.5) is 0 Å². The Balaban J connectivity index is 2.02. The second kappa shape index (κ2) is 8.74. The van der Waals surface area contributed by atoms with Gasteiger partial charge in [0.25, 0.3) is 0 Å². The van der Waals surface area contributed by atoms with Gasteiger partial charge in [0.2, 0.25) is 5.75 Å². The summed E-state index contributed by atoms with van der Waals surface area (Å²) in [4.78, 5) is 2.58. The normalized spacial score (nSPS) is 20.9. The Morgan fingerprint density at radius 2 is 1.68 bits per heavy atom. The molecule has 0 aromatic heterocycles. The Morgan fingerprint density at radius 1 is 1.00 bits per heavy atom. The van der Waals surface area contributed by atoms with Gasteiger partial charge < -0.3 is 24.3 Å². The first kappa shape index (κ1) is 18.3. The van der Waals surface area contributed by atoms with E-state index >= 15 is 0 Å². The number of piperazine rings is 1. The molecule has 2 aliphatic heterocycles. The van der Waals surface area contributed by atoms with Crippen molar-refractivity contribution in [2.24, 2.45) is 5.92 Å². The van der Waals surface area contributed by atoms with Crippen LogP contribution >= 0.6 is 0 Å². The van der Waals surface area contributed by atoms with Gasteiger partial charge in [0.15, 0.2) is 11.5 Å². The zero-order chi connectivity index (χ0) is 17.6. The van der Waals surface area contributed by atoms with Crippen molar-refractivity contribution < 1.29 is 18.9 Å². The van der Waals surface area contributed by atoms with E-state index in [-0.39, 0.29) is 0 Å². The predicted octanol–water partition coefficient (Wildman–Crippen LogP) is 2.09. The second-order valence-corrected chi connectivity index (χ2v) is 6.60. The molecular weight excluding hydrogens is 320 g/mol. The van der Waals surface area contributed by atoms with Crippen molar-refractivity contribution in [3.63, 3.8) is 0 Å². The molecule has 140 valence electrons. The fourth-order valence-corrected chi connectivity index (χ4v) is 4.10. The molecule has 0 aliphatic carbocycles. The number of benzene rings is 1. The van der Waals surface area contributed by atoms with Gasteiger partial charge in [-0.3, -0.25) is 4.90 Å². The van der Waals surface area contributed by atoms with E-state index in [1.165, 1.54) is 5.56 Å². The summed E-state index contributed by atoms with van der Waals surface area (Å²) in [6.07, 6.45) is 2.15. The molecule has 25 heavy (non-hydrogen) atoms. The van der Waals surface area contributed by atoms with Crippen LogP contribution in [-0.4, -0.2) is 65.6 Å². The molecule has 0 saturated carbocycles. The molecule has 1 atom stereocenters. The highest BCUT2D eigenvalue weighted by Crippen LogP contribution is 2.46. The van der Waals surface area contributed by atoms with Gasteiger partial charge in [0.1, 0.15) is 0 Å². The minimum Gasteiger partial charge on any atom is -0.493 e. The number of rotatable bonds is 6.